The number of amides is 1. The summed E-state index contributed by atoms with van der Waals surface area (Å²) in [5, 5.41) is 0. The number of carbonyl (C=O) groups excluding carboxylic acids is 1. The van der Waals surface area contributed by atoms with E-state index in [1.54, 1.807) is 15.3 Å². The van der Waals surface area contributed by atoms with Gasteiger partial charge in [0.05, 0.1) is 5.69 Å². The predicted octanol–water partition coefficient (Wildman–Crippen LogP) is 3.95. The van der Waals surface area contributed by atoms with Crippen LogP contribution in [0.25, 0.3) is 0 Å². The highest BCUT2D eigenvalue weighted by molar-refractivity contribution is 9.10. The average Bonchev–Trinajstić information content (AvgIpc) is 3.03. The van der Waals surface area contributed by atoms with Gasteiger partial charge in [-0.2, -0.15) is 4.31 Å². The van der Waals surface area contributed by atoms with Crippen molar-refractivity contribution in [2.45, 2.75) is 51.1 Å². The van der Waals surface area contributed by atoms with Gasteiger partial charge in [-0.1, -0.05) is 33.6 Å². The summed E-state index contributed by atoms with van der Waals surface area (Å²) in [5.74, 6) is -0.136. The molecule has 4 rings (SSSR count). The van der Waals surface area contributed by atoms with Gasteiger partial charge in [-0.3, -0.25) is 4.79 Å². The second-order valence-electron chi connectivity index (χ2n) is 8.59. The number of piperazine rings is 1. The van der Waals surface area contributed by atoms with Crippen LogP contribution < -0.4 is 9.80 Å². The summed E-state index contributed by atoms with van der Waals surface area (Å²) in [6.45, 7) is 8.97. The number of carbonyl (C=O) groups is 1. The van der Waals surface area contributed by atoms with E-state index in [1.165, 1.54) is 12.5 Å². The van der Waals surface area contributed by atoms with Crippen molar-refractivity contribution in [1.82, 2.24) is 4.31 Å². The van der Waals surface area contributed by atoms with Gasteiger partial charge in [0.25, 0.3) is 0 Å². The first kappa shape index (κ1) is 22.3. The van der Waals surface area contributed by atoms with E-state index in [4.69, 9.17) is 0 Å². The summed E-state index contributed by atoms with van der Waals surface area (Å²) < 4.78 is 29.8. The number of halogens is 1. The number of anilines is 2. The van der Waals surface area contributed by atoms with Crippen LogP contribution >= 0.6 is 15.9 Å². The largest absolute Gasteiger partial charge is 0.366 e. The number of sulfonamides is 1. The Hall–Kier alpha value is -1.90. The Labute approximate surface area is 193 Å². The van der Waals surface area contributed by atoms with E-state index < -0.39 is 10.0 Å². The molecule has 166 valence electrons. The minimum Gasteiger partial charge on any atom is -0.366 e. The Kier molecular flexibility index (Phi) is 5.91. The summed E-state index contributed by atoms with van der Waals surface area (Å²) >= 11 is 3.47. The zero-order valence-corrected chi connectivity index (χ0v) is 20.7. The lowest BCUT2D eigenvalue weighted by molar-refractivity contribution is -0.116. The maximum absolute atomic E-state index is 13.8. The fourth-order valence-corrected chi connectivity index (χ4v) is 7.17. The normalized spacial score (nSPS) is 22.0. The van der Waals surface area contributed by atoms with Crippen molar-refractivity contribution >= 4 is 43.2 Å². The van der Waals surface area contributed by atoms with E-state index in [9.17, 15) is 13.2 Å². The fourth-order valence-electron chi connectivity index (χ4n) is 4.75. The number of aryl methyl sites for hydroxylation is 1. The van der Waals surface area contributed by atoms with E-state index in [0.29, 0.717) is 36.2 Å². The van der Waals surface area contributed by atoms with Gasteiger partial charge >= 0.3 is 0 Å². The van der Waals surface area contributed by atoms with Gasteiger partial charge < -0.3 is 9.80 Å². The predicted molar refractivity (Wildman–Crippen MR) is 127 cm³/mol. The highest BCUT2D eigenvalue weighted by Crippen LogP contribution is 2.41. The van der Waals surface area contributed by atoms with E-state index >= 15 is 0 Å². The third-order valence-electron chi connectivity index (χ3n) is 6.23. The maximum atomic E-state index is 13.8. The molecule has 0 N–H and O–H groups in total. The summed E-state index contributed by atoms with van der Waals surface area (Å²) in [6.07, 6.45) is 0.647. The topological polar surface area (TPSA) is 60.9 Å². The van der Waals surface area contributed by atoms with Crippen LogP contribution in [0.5, 0.6) is 0 Å². The molecule has 2 aromatic carbocycles. The van der Waals surface area contributed by atoms with Crippen molar-refractivity contribution in [1.29, 1.82) is 0 Å². The summed E-state index contributed by atoms with van der Waals surface area (Å²) in [4.78, 5) is 16.4. The molecule has 0 spiro atoms. The molecule has 6 nitrogen and oxygen atoms in total. The molecule has 2 heterocycles. The molecule has 0 radical (unpaired) electrons. The van der Waals surface area contributed by atoms with E-state index in [1.807, 2.05) is 13.0 Å². The van der Waals surface area contributed by atoms with Gasteiger partial charge in [-0.15, -0.1) is 0 Å². The molecule has 0 bridgehead atoms. The molecule has 2 atom stereocenters. The number of rotatable bonds is 3. The first-order valence-corrected chi connectivity index (χ1v) is 12.8. The van der Waals surface area contributed by atoms with Gasteiger partial charge in [0, 0.05) is 48.8 Å². The number of hydrogen-bond acceptors (Lipinski definition) is 4. The maximum Gasteiger partial charge on any atom is 0.245 e. The summed E-state index contributed by atoms with van der Waals surface area (Å²) in [7, 11) is -3.76. The lowest BCUT2D eigenvalue weighted by atomic mass is 10.1. The van der Waals surface area contributed by atoms with Crippen LogP contribution in [-0.4, -0.2) is 50.3 Å². The minimum absolute atomic E-state index is 0.0364. The monoisotopic (exact) mass is 505 g/mol. The lowest BCUT2D eigenvalue weighted by Gasteiger charge is -2.41. The molecule has 0 aliphatic carbocycles. The Bertz CT molecular complexity index is 1120. The average molecular weight is 506 g/mol. The molecule has 2 aromatic rings. The number of benzene rings is 2. The van der Waals surface area contributed by atoms with Gasteiger partial charge in [-0.05, 0) is 57.0 Å². The van der Waals surface area contributed by atoms with Crippen molar-refractivity contribution in [3.8, 4) is 0 Å². The van der Waals surface area contributed by atoms with Crippen LogP contribution in [-0.2, 0) is 21.2 Å². The number of nitrogens with zero attached hydrogens (tertiary/aromatic N) is 3. The second kappa shape index (κ2) is 8.22. The molecule has 0 saturated carbocycles. The smallest absolute Gasteiger partial charge is 0.245 e. The van der Waals surface area contributed by atoms with Gasteiger partial charge in [0.1, 0.15) is 4.90 Å². The second-order valence-corrected chi connectivity index (χ2v) is 11.4. The van der Waals surface area contributed by atoms with Crippen LogP contribution in [0.4, 0.5) is 11.4 Å². The Morgan fingerprint density at radius 2 is 1.74 bits per heavy atom. The molecule has 0 aromatic heterocycles. The zero-order valence-electron chi connectivity index (χ0n) is 18.3. The fraction of sp³-hybridized carbons (Fsp3) is 0.435. The van der Waals surface area contributed by atoms with Crippen molar-refractivity contribution in [2.24, 2.45) is 0 Å². The molecule has 31 heavy (non-hydrogen) atoms. The molecule has 1 amide bonds. The molecule has 2 aliphatic heterocycles. The molecule has 8 heteroatoms. The lowest BCUT2D eigenvalue weighted by Crippen LogP contribution is -2.53. The van der Waals surface area contributed by atoms with Crippen LogP contribution in [0.15, 0.2) is 45.8 Å². The van der Waals surface area contributed by atoms with Gasteiger partial charge in [0.2, 0.25) is 15.9 Å². The third-order valence-corrected chi connectivity index (χ3v) is 8.56. The molecule has 0 unspecified atom stereocenters. The SMILES string of the molecule is CC(=O)N1c2c(cc(Br)cc2S(=O)(=O)N2CCN(c3ccc(C)cc3)[C@H](C)C2)C[C@@H]1C. The van der Waals surface area contributed by atoms with E-state index in [-0.39, 0.29) is 22.9 Å². The molecular formula is C23H28BrN3O3S. The van der Waals surface area contributed by atoms with E-state index in [2.05, 4.69) is 58.9 Å². The van der Waals surface area contributed by atoms with Crippen LogP contribution in [0.3, 0.4) is 0 Å². The summed E-state index contributed by atoms with van der Waals surface area (Å²) in [6, 6.07) is 11.9. The van der Waals surface area contributed by atoms with Crippen molar-refractivity contribution < 1.29 is 13.2 Å². The van der Waals surface area contributed by atoms with Crippen molar-refractivity contribution in [3.63, 3.8) is 0 Å². The Balaban J connectivity index is 1.66. The van der Waals surface area contributed by atoms with Crippen molar-refractivity contribution in [2.75, 3.05) is 29.4 Å². The Morgan fingerprint density at radius 1 is 1.06 bits per heavy atom. The van der Waals surface area contributed by atoms with Gasteiger partial charge in [0.15, 0.2) is 0 Å². The number of fused-ring (bicyclic) bond motifs is 1. The van der Waals surface area contributed by atoms with Crippen molar-refractivity contribution in [3.05, 3.63) is 52.0 Å². The quantitative estimate of drug-likeness (QED) is 0.633. The standard InChI is InChI=1S/C23H28BrN3O3S/c1-15-5-7-21(8-6-15)26-10-9-25(14-17(26)3)31(29,30)22-13-20(24)12-19-11-16(2)27(18(4)28)23(19)22/h5-8,12-13,16-17H,9-11,14H2,1-4H3/t16-,17+/m0/s1. The third kappa shape index (κ3) is 4.01. The number of hydrogen-bond donors (Lipinski definition) is 0. The van der Waals surface area contributed by atoms with Gasteiger partial charge in [-0.25, -0.2) is 8.42 Å². The molecular weight excluding hydrogens is 478 g/mol. The first-order chi connectivity index (χ1) is 14.6. The molecule has 1 saturated heterocycles. The van der Waals surface area contributed by atoms with Crippen LogP contribution in [0, 0.1) is 6.92 Å². The zero-order chi connectivity index (χ0) is 22.5. The van der Waals surface area contributed by atoms with Crippen LogP contribution in [0.1, 0.15) is 31.9 Å². The van der Waals surface area contributed by atoms with Crippen LogP contribution in [0.2, 0.25) is 0 Å². The molecule has 1 fully saturated rings. The summed E-state index contributed by atoms with van der Waals surface area (Å²) in [5.41, 5.74) is 3.74. The van der Waals surface area contributed by atoms with E-state index in [0.717, 1.165) is 11.3 Å². The Morgan fingerprint density at radius 3 is 2.35 bits per heavy atom. The highest BCUT2D eigenvalue weighted by Gasteiger charge is 2.39. The first-order valence-electron chi connectivity index (χ1n) is 10.5. The molecule has 2 aliphatic rings. The highest BCUT2D eigenvalue weighted by atomic mass is 79.9. The minimum atomic E-state index is -3.76.